The number of carbonyl (C=O) groups is 1. The second-order valence-corrected chi connectivity index (χ2v) is 4.37. The average Bonchev–Trinajstić information content (AvgIpc) is 2.42. The maximum absolute atomic E-state index is 10.5. The fourth-order valence-corrected chi connectivity index (χ4v) is 1.83. The number of rotatable bonds is 9. The Bertz CT molecular complexity index is 398. The minimum atomic E-state index is -0.730. The number of ether oxygens (including phenoxy) is 1. The molecule has 1 atom stereocenters. The van der Waals surface area contributed by atoms with Crippen LogP contribution in [-0.4, -0.2) is 34.7 Å². The van der Waals surface area contributed by atoms with Gasteiger partial charge in [-0.25, -0.2) is 9.97 Å². The molecular formula is C13H21N3O3. The molecule has 0 saturated carbocycles. The Kier molecular flexibility index (Phi) is 6.63. The molecule has 0 aliphatic heterocycles. The SMILES string of the molecule is CCC(CCNc1cc(OC)ncn1)CCC(=O)O. The molecule has 1 rings (SSSR count). The molecule has 0 aliphatic rings. The number of methoxy groups -OCH3 is 1. The van der Waals surface area contributed by atoms with Crippen LogP contribution in [0, 0.1) is 5.92 Å². The fraction of sp³-hybridized carbons (Fsp3) is 0.615. The Morgan fingerprint density at radius 1 is 1.47 bits per heavy atom. The summed E-state index contributed by atoms with van der Waals surface area (Å²) in [4.78, 5) is 18.6. The van der Waals surface area contributed by atoms with Gasteiger partial charge < -0.3 is 15.2 Å². The molecule has 1 unspecified atom stereocenters. The highest BCUT2D eigenvalue weighted by Gasteiger charge is 2.09. The lowest BCUT2D eigenvalue weighted by molar-refractivity contribution is -0.137. The Morgan fingerprint density at radius 3 is 2.89 bits per heavy atom. The summed E-state index contributed by atoms with van der Waals surface area (Å²) in [5.41, 5.74) is 0. The van der Waals surface area contributed by atoms with Gasteiger partial charge >= 0.3 is 5.97 Å². The number of nitrogens with one attached hydrogen (secondary N) is 1. The summed E-state index contributed by atoms with van der Waals surface area (Å²) in [5.74, 6) is 0.939. The van der Waals surface area contributed by atoms with Gasteiger partial charge in [0.05, 0.1) is 7.11 Å². The van der Waals surface area contributed by atoms with Gasteiger partial charge in [0.2, 0.25) is 5.88 Å². The van der Waals surface area contributed by atoms with Crippen LogP contribution in [0.5, 0.6) is 5.88 Å². The Hall–Kier alpha value is -1.85. The maximum atomic E-state index is 10.5. The lowest BCUT2D eigenvalue weighted by atomic mass is 9.97. The Labute approximate surface area is 113 Å². The molecule has 6 heteroatoms. The summed E-state index contributed by atoms with van der Waals surface area (Å²) in [7, 11) is 1.56. The minimum Gasteiger partial charge on any atom is -0.481 e. The molecule has 19 heavy (non-hydrogen) atoms. The number of carboxylic acid groups (broad SMARTS) is 1. The van der Waals surface area contributed by atoms with E-state index in [0.717, 1.165) is 31.6 Å². The van der Waals surface area contributed by atoms with Crippen LogP contribution >= 0.6 is 0 Å². The molecule has 0 aromatic carbocycles. The van der Waals surface area contributed by atoms with Gasteiger partial charge in [0.25, 0.3) is 0 Å². The van der Waals surface area contributed by atoms with Crippen molar-refractivity contribution in [1.29, 1.82) is 0 Å². The third-order valence-corrected chi connectivity index (χ3v) is 3.05. The van der Waals surface area contributed by atoms with Crippen LogP contribution < -0.4 is 10.1 Å². The number of carboxylic acids is 1. The zero-order chi connectivity index (χ0) is 14.1. The molecule has 0 amide bonds. The van der Waals surface area contributed by atoms with Crippen molar-refractivity contribution in [1.82, 2.24) is 9.97 Å². The molecule has 1 heterocycles. The van der Waals surface area contributed by atoms with Crippen molar-refractivity contribution in [3.8, 4) is 5.88 Å². The van der Waals surface area contributed by atoms with Crippen molar-refractivity contribution in [3.63, 3.8) is 0 Å². The van der Waals surface area contributed by atoms with Crippen molar-refractivity contribution in [2.24, 2.45) is 5.92 Å². The van der Waals surface area contributed by atoms with Crippen LogP contribution in [0.3, 0.4) is 0 Å². The van der Waals surface area contributed by atoms with Crippen molar-refractivity contribution in [2.75, 3.05) is 19.0 Å². The lowest BCUT2D eigenvalue weighted by Crippen LogP contribution is -2.11. The quantitative estimate of drug-likeness (QED) is 0.713. The summed E-state index contributed by atoms with van der Waals surface area (Å²) < 4.78 is 5.01. The second kappa shape index (κ2) is 8.29. The number of hydrogen-bond donors (Lipinski definition) is 2. The first-order chi connectivity index (χ1) is 9.15. The molecule has 1 aromatic rings. The molecule has 2 N–H and O–H groups in total. The first-order valence-corrected chi connectivity index (χ1v) is 6.47. The first kappa shape index (κ1) is 15.2. The van der Waals surface area contributed by atoms with Crippen molar-refractivity contribution < 1.29 is 14.6 Å². The van der Waals surface area contributed by atoms with E-state index in [1.807, 2.05) is 0 Å². The van der Waals surface area contributed by atoms with E-state index < -0.39 is 5.97 Å². The third-order valence-electron chi connectivity index (χ3n) is 3.05. The Morgan fingerprint density at radius 2 is 2.26 bits per heavy atom. The molecule has 0 bridgehead atoms. The van der Waals surface area contributed by atoms with Crippen LogP contribution in [0.25, 0.3) is 0 Å². The van der Waals surface area contributed by atoms with Crippen LogP contribution in [0.4, 0.5) is 5.82 Å². The molecule has 0 fully saturated rings. The highest BCUT2D eigenvalue weighted by Crippen LogP contribution is 2.16. The predicted molar refractivity (Wildman–Crippen MR) is 72.3 cm³/mol. The summed E-state index contributed by atoms with van der Waals surface area (Å²) in [6.07, 6.45) is 4.32. The molecule has 6 nitrogen and oxygen atoms in total. The van der Waals surface area contributed by atoms with E-state index in [-0.39, 0.29) is 6.42 Å². The van der Waals surface area contributed by atoms with E-state index in [2.05, 4.69) is 22.2 Å². The highest BCUT2D eigenvalue weighted by molar-refractivity contribution is 5.66. The van der Waals surface area contributed by atoms with Gasteiger partial charge in [-0.2, -0.15) is 0 Å². The monoisotopic (exact) mass is 267 g/mol. The van der Waals surface area contributed by atoms with E-state index in [0.29, 0.717) is 11.8 Å². The fourth-order valence-electron chi connectivity index (χ4n) is 1.83. The normalized spacial score (nSPS) is 11.9. The van der Waals surface area contributed by atoms with Gasteiger partial charge in [0, 0.05) is 19.0 Å². The number of anilines is 1. The Balaban J connectivity index is 2.32. The van der Waals surface area contributed by atoms with E-state index in [9.17, 15) is 4.79 Å². The van der Waals surface area contributed by atoms with E-state index >= 15 is 0 Å². The first-order valence-electron chi connectivity index (χ1n) is 6.47. The van der Waals surface area contributed by atoms with Crippen molar-refractivity contribution in [2.45, 2.75) is 32.6 Å². The molecule has 1 aromatic heterocycles. The van der Waals surface area contributed by atoms with Crippen LogP contribution in [0.1, 0.15) is 32.6 Å². The summed E-state index contributed by atoms with van der Waals surface area (Å²) >= 11 is 0. The van der Waals surface area contributed by atoms with Gasteiger partial charge in [-0.1, -0.05) is 13.3 Å². The largest absolute Gasteiger partial charge is 0.481 e. The van der Waals surface area contributed by atoms with Gasteiger partial charge in [-0.15, -0.1) is 0 Å². The van der Waals surface area contributed by atoms with Crippen LogP contribution in [-0.2, 0) is 4.79 Å². The van der Waals surface area contributed by atoms with E-state index in [4.69, 9.17) is 9.84 Å². The number of hydrogen-bond acceptors (Lipinski definition) is 5. The number of aliphatic carboxylic acids is 1. The van der Waals surface area contributed by atoms with Crippen molar-refractivity contribution >= 4 is 11.8 Å². The summed E-state index contributed by atoms with van der Waals surface area (Å²) in [6.45, 7) is 2.85. The predicted octanol–water partition coefficient (Wildman–Crippen LogP) is 2.18. The highest BCUT2D eigenvalue weighted by atomic mass is 16.5. The molecule has 0 saturated heterocycles. The number of nitrogens with zero attached hydrogens (tertiary/aromatic N) is 2. The van der Waals surface area contributed by atoms with E-state index in [1.54, 1.807) is 13.2 Å². The molecule has 0 aliphatic carbocycles. The lowest BCUT2D eigenvalue weighted by Gasteiger charge is -2.14. The smallest absolute Gasteiger partial charge is 0.303 e. The van der Waals surface area contributed by atoms with E-state index in [1.165, 1.54) is 6.33 Å². The van der Waals surface area contributed by atoms with Gasteiger partial charge in [0.15, 0.2) is 0 Å². The zero-order valence-corrected chi connectivity index (χ0v) is 11.4. The van der Waals surface area contributed by atoms with Gasteiger partial charge in [-0.05, 0) is 18.8 Å². The third kappa shape index (κ3) is 6.03. The molecule has 0 spiro atoms. The second-order valence-electron chi connectivity index (χ2n) is 4.37. The van der Waals surface area contributed by atoms with Gasteiger partial charge in [-0.3, -0.25) is 4.79 Å². The molecule has 0 radical (unpaired) electrons. The topological polar surface area (TPSA) is 84.3 Å². The van der Waals surface area contributed by atoms with Crippen molar-refractivity contribution in [3.05, 3.63) is 12.4 Å². The molecular weight excluding hydrogens is 246 g/mol. The van der Waals surface area contributed by atoms with Gasteiger partial charge in [0.1, 0.15) is 12.1 Å². The molecule has 106 valence electrons. The average molecular weight is 267 g/mol. The summed E-state index contributed by atoms with van der Waals surface area (Å²) in [5, 5.41) is 11.9. The zero-order valence-electron chi connectivity index (χ0n) is 11.4. The standard InChI is InChI=1S/C13H21N3O3/c1-3-10(4-5-13(17)18)6-7-14-11-8-12(19-2)16-9-15-11/h8-10H,3-7H2,1-2H3,(H,17,18)(H,14,15,16). The minimum absolute atomic E-state index is 0.236. The van der Waals surface area contributed by atoms with Crippen LogP contribution in [0.15, 0.2) is 12.4 Å². The number of aromatic nitrogens is 2. The summed E-state index contributed by atoms with van der Waals surface area (Å²) in [6, 6.07) is 1.73. The van der Waals surface area contributed by atoms with Crippen LogP contribution in [0.2, 0.25) is 0 Å². The maximum Gasteiger partial charge on any atom is 0.303 e.